The van der Waals surface area contributed by atoms with Crippen molar-refractivity contribution in [1.29, 1.82) is 0 Å². The molecule has 4 heteroatoms. The molecule has 0 saturated heterocycles. The van der Waals surface area contributed by atoms with Crippen LogP contribution in [0.25, 0.3) is 0 Å². The van der Waals surface area contributed by atoms with Crippen molar-refractivity contribution in [2.45, 2.75) is 24.0 Å². The second kappa shape index (κ2) is 6.59. The lowest BCUT2D eigenvalue weighted by Gasteiger charge is -2.10. The van der Waals surface area contributed by atoms with Crippen LogP contribution in [0.3, 0.4) is 0 Å². The Labute approximate surface area is 128 Å². The van der Waals surface area contributed by atoms with Crippen LogP contribution >= 0.6 is 11.8 Å². The number of benzene rings is 2. The third kappa shape index (κ3) is 3.95. The van der Waals surface area contributed by atoms with E-state index in [2.05, 4.69) is 0 Å². The number of carbonyl (C=O) groups excluding carboxylic acids is 1. The van der Waals surface area contributed by atoms with Crippen molar-refractivity contribution in [3.05, 3.63) is 65.2 Å². The fourth-order valence-electron chi connectivity index (χ4n) is 1.89. The SMILES string of the molecule is Cc1ccc(SC(C)C(=O)c2ccc(C(=O)O)cc2)cc1. The minimum atomic E-state index is -0.990. The first kappa shape index (κ1) is 15.3. The van der Waals surface area contributed by atoms with Crippen molar-refractivity contribution in [3.63, 3.8) is 0 Å². The van der Waals surface area contributed by atoms with E-state index in [-0.39, 0.29) is 16.6 Å². The van der Waals surface area contributed by atoms with Gasteiger partial charge in [0, 0.05) is 10.5 Å². The summed E-state index contributed by atoms with van der Waals surface area (Å²) in [6.45, 7) is 3.88. The highest BCUT2D eigenvalue weighted by Crippen LogP contribution is 2.26. The first-order chi connectivity index (χ1) is 9.97. The van der Waals surface area contributed by atoms with Gasteiger partial charge in [-0.2, -0.15) is 0 Å². The maximum atomic E-state index is 12.3. The molecule has 0 radical (unpaired) electrons. The number of Topliss-reactive ketones (excluding diaryl/α,β-unsaturated/α-hetero) is 1. The Kier molecular flexibility index (Phi) is 4.81. The lowest BCUT2D eigenvalue weighted by atomic mass is 10.1. The molecule has 0 spiro atoms. The van der Waals surface area contributed by atoms with Gasteiger partial charge in [0.15, 0.2) is 5.78 Å². The molecule has 0 aromatic heterocycles. The fraction of sp³-hybridized carbons (Fsp3) is 0.176. The molecule has 0 fully saturated rings. The van der Waals surface area contributed by atoms with E-state index in [1.54, 1.807) is 12.1 Å². The van der Waals surface area contributed by atoms with Crippen molar-refractivity contribution >= 4 is 23.5 Å². The van der Waals surface area contributed by atoms with Crippen LogP contribution in [0.4, 0.5) is 0 Å². The molecule has 0 aliphatic heterocycles. The number of aryl methyl sites for hydroxylation is 1. The average Bonchev–Trinajstić information content (AvgIpc) is 2.49. The van der Waals surface area contributed by atoms with Crippen molar-refractivity contribution in [2.24, 2.45) is 0 Å². The van der Waals surface area contributed by atoms with Gasteiger partial charge in [0.05, 0.1) is 10.8 Å². The van der Waals surface area contributed by atoms with Crippen molar-refractivity contribution in [2.75, 3.05) is 0 Å². The second-order valence-corrected chi connectivity index (χ2v) is 6.23. The molecule has 0 bridgehead atoms. The van der Waals surface area contributed by atoms with E-state index in [9.17, 15) is 9.59 Å². The predicted molar refractivity (Wildman–Crippen MR) is 84.2 cm³/mol. The van der Waals surface area contributed by atoms with Crippen LogP contribution in [0.5, 0.6) is 0 Å². The summed E-state index contributed by atoms with van der Waals surface area (Å²) >= 11 is 1.50. The smallest absolute Gasteiger partial charge is 0.335 e. The van der Waals surface area contributed by atoms with E-state index in [1.807, 2.05) is 38.1 Å². The Morgan fingerprint density at radius 1 is 0.952 bits per heavy atom. The number of carbonyl (C=O) groups is 2. The predicted octanol–water partition coefficient (Wildman–Crippen LogP) is 4.06. The van der Waals surface area contributed by atoms with Crippen LogP contribution < -0.4 is 0 Å². The molecule has 1 N–H and O–H groups in total. The van der Waals surface area contributed by atoms with Gasteiger partial charge in [0.25, 0.3) is 0 Å². The number of hydrogen-bond acceptors (Lipinski definition) is 3. The maximum absolute atomic E-state index is 12.3. The summed E-state index contributed by atoms with van der Waals surface area (Å²) in [5.41, 5.74) is 1.90. The lowest BCUT2D eigenvalue weighted by molar-refractivity contribution is 0.0696. The molecule has 0 amide bonds. The third-order valence-corrected chi connectivity index (χ3v) is 4.23. The number of aromatic carboxylic acids is 1. The van der Waals surface area contributed by atoms with Crippen LogP contribution in [0.2, 0.25) is 0 Å². The zero-order valence-electron chi connectivity index (χ0n) is 11.9. The summed E-state index contributed by atoms with van der Waals surface area (Å²) < 4.78 is 0. The van der Waals surface area contributed by atoms with Gasteiger partial charge in [-0.25, -0.2) is 4.79 Å². The Morgan fingerprint density at radius 2 is 1.48 bits per heavy atom. The first-order valence-corrected chi connectivity index (χ1v) is 7.46. The minimum absolute atomic E-state index is 0.00230. The van der Waals surface area contributed by atoms with E-state index >= 15 is 0 Å². The molecule has 3 nitrogen and oxygen atoms in total. The van der Waals surface area contributed by atoms with Crippen LogP contribution in [-0.2, 0) is 0 Å². The molecule has 2 aromatic carbocycles. The normalized spacial score (nSPS) is 11.9. The van der Waals surface area contributed by atoms with Crippen LogP contribution in [0, 0.1) is 6.92 Å². The highest BCUT2D eigenvalue weighted by molar-refractivity contribution is 8.00. The molecular weight excluding hydrogens is 284 g/mol. The molecular formula is C17H16O3S. The van der Waals surface area contributed by atoms with Crippen molar-refractivity contribution in [1.82, 2.24) is 0 Å². The van der Waals surface area contributed by atoms with E-state index in [1.165, 1.54) is 29.5 Å². The van der Waals surface area contributed by atoms with Gasteiger partial charge in [0.1, 0.15) is 0 Å². The molecule has 1 atom stereocenters. The molecule has 1 unspecified atom stereocenters. The van der Waals surface area contributed by atoms with Gasteiger partial charge < -0.3 is 5.11 Å². The molecule has 108 valence electrons. The first-order valence-electron chi connectivity index (χ1n) is 6.58. The van der Waals surface area contributed by atoms with E-state index in [0.29, 0.717) is 5.56 Å². The Bertz CT molecular complexity index is 645. The maximum Gasteiger partial charge on any atom is 0.335 e. The fourth-order valence-corrected chi connectivity index (χ4v) is 2.83. The zero-order chi connectivity index (χ0) is 15.4. The van der Waals surface area contributed by atoms with Crippen LogP contribution in [-0.4, -0.2) is 22.1 Å². The quantitative estimate of drug-likeness (QED) is 0.668. The number of hydrogen-bond donors (Lipinski definition) is 1. The van der Waals surface area contributed by atoms with E-state index < -0.39 is 5.97 Å². The summed E-state index contributed by atoms with van der Waals surface area (Å²) in [5, 5.41) is 8.63. The van der Waals surface area contributed by atoms with Gasteiger partial charge in [-0.15, -0.1) is 11.8 Å². The number of ketones is 1. The molecule has 21 heavy (non-hydrogen) atoms. The standard InChI is InChI=1S/C17H16O3S/c1-11-3-9-15(10-4-11)21-12(2)16(18)13-5-7-14(8-6-13)17(19)20/h3-10,12H,1-2H3,(H,19,20). The van der Waals surface area contributed by atoms with Gasteiger partial charge in [0.2, 0.25) is 0 Å². The lowest BCUT2D eigenvalue weighted by Crippen LogP contribution is -2.13. The zero-order valence-corrected chi connectivity index (χ0v) is 12.7. The highest BCUT2D eigenvalue weighted by atomic mass is 32.2. The van der Waals surface area contributed by atoms with E-state index in [0.717, 1.165) is 4.90 Å². The number of carboxylic acid groups (broad SMARTS) is 1. The van der Waals surface area contributed by atoms with Gasteiger partial charge in [-0.05, 0) is 38.1 Å². The van der Waals surface area contributed by atoms with Crippen LogP contribution in [0.15, 0.2) is 53.4 Å². The summed E-state index contributed by atoms with van der Waals surface area (Å²) in [6.07, 6.45) is 0. The summed E-state index contributed by atoms with van der Waals surface area (Å²) in [5.74, 6) is -0.992. The van der Waals surface area contributed by atoms with Gasteiger partial charge >= 0.3 is 5.97 Å². The second-order valence-electron chi connectivity index (χ2n) is 4.82. The number of carboxylic acids is 1. The van der Waals surface area contributed by atoms with Crippen LogP contribution in [0.1, 0.15) is 33.2 Å². The minimum Gasteiger partial charge on any atom is -0.478 e. The Morgan fingerprint density at radius 3 is 2.00 bits per heavy atom. The Hall–Kier alpha value is -2.07. The average molecular weight is 300 g/mol. The summed E-state index contributed by atoms with van der Waals surface area (Å²) in [7, 11) is 0. The van der Waals surface area contributed by atoms with E-state index in [4.69, 9.17) is 5.11 Å². The topological polar surface area (TPSA) is 54.4 Å². The molecule has 2 rings (SSSR count). The summed E-state index contributed by atoms with van der Waals surface area (Å²) in [4.78, 5) is 24.2. The number of rotatable bonds is 5. The van der Waals surface area contributed by atoms with Crippen molar-refractivity contribution in [3.8, 4) is 0 Å². The van der Waals surface area contributed by atoms with Gasteiger partial charge in [-0.3, -0.25) is 4.79 Å². The van der Waals surface area contributed by atoms with Crippen molar-refractivity contribution < 1.29 is 14.7 Å². The highest BCUT2D eigenvalue weighted by Gasteiger charge is 2.17. The number of thioether (sulfide) groups is 1. The molecule has 0 aliphatic rings. The third-order valence-electron chi connectivity index (χ3n) is 3.12. The van der Waals surface area contributed by atoms with Gasteiger partial charge in [-0.1, -0.05) is 29.8 Å². The summed E-state index contributed by atoms with van der Waals surface area (Å²) in [6, 6.07) is 14.1. The largest absolute Gasteiger partial charge is 0.478 e. The Balaban J connectivity index is 2.08. The molecule has 0 aliphatic carbocycles. The molecule has 2 aromatic rings. The molecule has 0 saturated carbocycles. The monoisotopic (exact) mass is 300 g/mol. The molecule has 0 heterocycles.